The summed E-state index contributed by atoms with van der Waals surface area (Å²) in [4.78, 5) is 16.6. The van der Waals surface area contributed by atoms with E-state index in [0.29, 0.717) is 27.9 Å². The minimum atomic E-state index is -0.623. The van der Waals surface area contributed by atoms with E-state index in [4.69, 9.17) is 11.6 Å². The van der Waals surface area contributed by atoms with Gasteiger partial charge in [-0.2, -0.15) is 0 Å². The summed E-state index contributed by atoms with van der Waals surface area (Å²) in [6.45, 7) is 4.14. The summed E-state index contributed by atoms with van der Waals surface area (Å²) in [5.41, 5.74) is 2.70. The quantitative estimate of drug-likeness (QED) is 0.621. The van der Waals surface area contributed by atoms with Gasteiger partial charge in [0.25, 0.3) is 5.91 Å². The van der Waals surface area contributed by atoms with Gasteiger partial charge in [-0.25, -0.2) is 4.39 Å². The van der Waals surface area contributed by atoms with Crippen molar-refractivity contribution in [3.8, 4) is 11.3 Å². The van der Waals surface area contributed by atoms with E-state index in [9.17, 15) is 9.18 Å². The van der Waals surface area contributed by atoms with Crippen LogP contribution in [0.25, 0.3) is 11.3 Å². The molecule has 0 bridgehead atoms. The molecule has 0 radical (unpaired) electrons. The third-order valence-electron chi connectivity index (χ3n) is 4.06. The first-order chi connectivity index (χ1) is 12.5. The van der Waals surface area contributed by atoms with Crippen molar-refractivity contribution in [3.05, 3.63) is 82.8 Å². The van der Waals surface area contributed by atoms with Crippen LogP contribution in [0.2, 0.25) is 5.02 Å². The van der Waals surface area contributed by atoms with Gasteiger partial charge in [0, 0.05) is 17.4 Å². The number of halogens is 2. The van der Waals surface area contributed by atoms with Crippen LogP contribution in [0.4, 0.5) is 10.1 Å². The number of hydrogen-bond acceptors (Lipinski definition) is 2. The molecule has 0 unspecified atom stereocenters. The van der Waals surface area contributed by atoms with Gasteiger partial charge in [-0.05, 0) is 47.9 Å². The Bertz CT molecular complexity index is 956. The summed E-state index contributed by atoms with van der Waals surface area (Å²) in [6.07, 6.45) is 1.58. The zero-order chi connectivity index (χ0) is 18.7. The molecule has 26 heavy (non-hydrogen) atoms. The fraction of sp³-hybridized carbons (Fsp3) is 0.143. The largest absolute Gasteiger partial charge is 0.322 e. The Hall–Kier alpha value is -2.72. The molecule has 3 aromatic rings. The van der Waals surface area contributed by atoms with E-state index in [0.717, 1.165) is 5.56 Å². The molecule has 1 aromatic heterocycles. The standard InChI is InChI=1S/C21H18ClFN2O/c1-13(2)14-5-3-6-16(11-14)25-21(26)17-9-8-15(12-19(17)23)20-18(22)7-4-10-24-20/h3-13H,1-2H3,(H,25,26). The molecule has 3 nitrogen and oxygen atoms in total. The summed E-state index contributed by atoms with van der Waals surface area (Å²) in [5.74, 6) is -0.783. The number of nitrogens with zero attached hydrogens (tertiary/aromatic N) is 1. The fourth-order valence-electron chi connectivity index (χ4n) is 2.62. The maximum absolute atomic E-state index is 14.5. The predicted octanol–water partition coefficient (Wildman–Crippen LogP) is 5.92. The third-order valence-corrected chi connectivity index (χ3v) is 4.36. The van der Waals surface area contributed by atoms with Crippen LogP contribution in [0.1, 0.15) is 35.7 Å². The zero-order valence-corrected chi connectivity index (χ0v) is 15.2. The molecule has 0 aliphatic carbocycles. The number of pyridine rings is 1. The Kier molecular flexibility index (Phi) is 5.33. The van der Waals surface area contributed by atoms with Crippen LogP contribution in [-0.4, -0.2) is 10.9 Å². The highest BCUT2D eigenvalue weighted by Gasteiger charge is 2.15. The van der Waals surface area contributed by atoms with Crippen molar-refractivity contribution in [2.45, 2.75) is 19.8 Å². The number of benzene rings is 2. The molecular weight excluding hydrogens is 351 g/mol. The highest BCUT2D eigenvalue weighted by atomic mass is 35.5. The van der Waals surface area contributed by atoms with Gasteiger partial charge in [0.05, 0.1) is 16.3 Å². The second-order valence-electron chi connectivity index (χ2n) is 6.26. The lowest BCUT2D eigenvalue weighted by atomic mass is 10.0. The van der Waals surface area contributed by atoms with E-state index in [1.54, 1.807) is 30.5 Å². The average Bonchev–Trinajstić information content (AvgIpc) is 2.62. The number of hydrogen-bond donors (Lipinski definition) is 1. The third kappa shape index (κ3) is 3.92. The highest BCUT2D eigenvalue weighted by Crippen LogP contribution is 2.27. The van der Waals surface area contributed by atoms with Crippen LogP contribution < -0.4 is 5.32 Å². The number of nitrogens with one attached hydrogen (secondary N) is 1. The second-order valence-corrected chi connectivity index (χ2v) is 6.67. The van der Waals surface area contributed by atoms with Crippen LogP contribution in [0.3, 0.4) is 0 Å². The monoisotopic (exact) mass is 368 g/mol. The molecule has 0 saturated heterocycles. The lowest BCUT2D eigenvalue weighted by Gasteiger charge is -2.11. The maximum atomic E-state index is 14.5. The van der Waals surface area contributed by atoms with Gasteiger partial charge >= 0.3 is 0 Å². The molecule has 3 rings (SSSR count). The van der Waals surface area contributed by atoms with Crippen molar-refractivity contribution in [1.82, 2.24) is 4.98 Å². The number of anilines is 1. The number of carbonyl (C=O) groups is 1. The average molecular weight is 369 g/mol. The Morgan fingerprint density at radius 1 is 1.12 bits per heavy atom. The molecule has 0 aliphatic heterocycles. The molecule has 0 fully saturated rings. The van der Waals surface area contributed by atoms with Gasteiger partial charge in [0.1, 0.15) is 5.82 Å². The molecule has 0 aliphatic rings. The molecule has 0 saturated carbocycles. The van der Waals surface area contributed by atoms with Crippen LogP contribution in [0, 0.1) is 5.82 Å². The van der Waals surface area contributed by atoms with Crippen LogP contribution in [0.15, 0.2) is 60.8 Å². The molecular formula is C21H18ClFN2O. The van der Waals surface area contributed by atoms with Crippen molar-refractivity contribution in [2.75, 3.05) is 5.32 Å². The van der Waals surface area contributed by atoms with Gasteiger partial charge < -0.3 is 5.32 Å². The SMILES string of the molecule is CC(C)c1cccc(NC(=O)c2ccc(-c3ncccc3Cl)cc2F)c1. The van der Waals surface area contributed by atoms with E-state index < -0.39 is 11.7 Å². The Labute approximate surface area is 156 Å². The molecule has 0 atom stereocenters. The Balaban J connectivity index is 1.85. The first-order valence-corrected chi connectivity index (χ1v) is 8.65. The molecule has 1 amide bonds. The highest BCUT2D eigenvalue weighted by molar-refractivity contribution is 6.33. The second kappa shape index (κ2) is 7.67. The van der Waals surface area contributed by atoms with Crippen LogP contribution in [-0.2, 0) is 0 Å². The van der Waals surface area contributed by atoms with Gasteiger partial charge in [-0.3, -0.25) is 9.78 Å². The van der Waals surface area contributed by atoms with Crippen molar-refractivity contribution in [1.29, 1.82) is 0 Å². The summed E-state index contributed by atoms with van der Waals surface area (Å²) < 4.78 is 14.5. The fourth-order valence-corrected chi connectivity index (χ4v) is 2.85. The predicted molar refractivity (Wildman–Crippen MR) is 103 cm³/mol. The van der Waals surface area contributed by atoms with Crippen molar-refractivity contribution < 1.29 is 9.18 Å². The van der Waals surface area contributed by atoms with Crippen molar-refractivity contribution in [3.63, 3.8) is 0 Å². The lowest BCUT2D eigenvalue weighted by Crippen LogP contribution is -2.14. The topological polar surface area (TPSA) is 42.0 Å². The van der Waals surface area contributed by atoms with Gasteiger partial charge in [-0.1, -0.05) is 43.6 Å². The molecule has 132 valence electrons. The number of rotatable bonds is 4. The molecule has 1 N–H and O–H groups in total. The van der Waals surface area contributed by atoms with E-state index in [2.05, 4.69) is 24.1 Å². The van der Waals surface area contributed by atoms with E-state index in [1.807, 2.05) is 18.2 Å². The molecule has 1 heterocycles. The van der Waals surface area contributed by atoms with Gasteiger partial charge in [0.15, 0.2) is 0 Å². The first kappa shape index (κ1) is 18.1. The summed E-state index contributed by atoms with van der Waals surface area (Å²) in [6, 6.07) is 15.3. The molecule has 0 spiro atoms. The summed E-state index contributed by atoms with van der Waals surface area (Å²) in [5, 5.41) is 3.17. The van der Waals surface area contributed by atoms with E-state index in [1.165, 1.54) is 12.1 Å². The zero-order valence-electron chi connectivity index (χ0n) is 14.5. The number of aromatic nitrogens is 1. The number of amides is 1. The van der Waals surface area contributed by atoms with Gasteiger partial charge in [0.2, 0.25) is 0 Å². The summed E-state index contributed by atoms with van der Waals surface area (Å²) in [7, 11) is 0. The minimum absolute atomic E-state index is 0.0317. The Morgan fingerprint density at radius 3 is 2.62 bits per heavy atom. The lowest BCUT2D eigenvalue weighted by molar-refractivity contribution is 0.102. The maximum Gasteiger partial charge on any atom is 0.258 e. The van der Waals surface area contributed by atoms with E-state index >= 15 is 0 Å². The Morgan fingerprint density at radius 2 is 1.92 bits per heavy atom. The van der Waals surface area contributed by atoms with Crippen molar-refractivity contribution in [2.24, 2.45) is 0 Å². The normalized spacial score (nSPS) is 10.8. The first-order valence-electron chi connectivity index (χ1n) is 8.27. The minimum Gasteiger partial charge on any atom is -0.322 e. The molecule has 5 heteroatoms. The van der Waals surface area contributed by atoms with Crippen LogP contribution in [0.5, 0.6) is 0 Å². The molecule has 2 aromatic carbocycles. The van der Waals surface area contributed by atoms with Crippen LogP contribution >= 0.6 is 11.6 Å². The van der Waals surface area contributed by atoms with E-state index in [-0.39, 0.29) is 5.56 Å². The summed E-state index contributed by atoms with van der Waals surface area (Å²) >= 11 is 6.10. The smallest absolute Gasteiger partial charge is 0.258 e. The van der Waals surface area contributed by atoms with Gasteiger partial charge in [-0.15, -0.1) is 0 Å². The number of carbonyl (C=O) groups excluding carboxylic acids is 1. The van der Waals surface area contributed by atoms with Crippen molar-refractivity contribution >= 4 is 23.2 Å².